The zero-order valence-corrected chi connectivity index (χ0v) is 13.5. The molecule has 0 aliphatic rings. The third kappa shape index (κ3) is 5.82. The first-order chi connectivity index (χ1) is 10.3. The van der Waals surface area contributed by atoms with Crippen LogP contribution in [0.5, 0.6) is 0 Å². The number of imide groups is 1. The molecule has 22 heavy (non-hydrogen) atoms. The number of rotatable bonds is 6. The molecule has 7 nitrogen and oxygen atoms in total. The summed E-state index contributed by atoms with van der Waals surface area (Å²) in [6, 6.07) is 3.17. The minimum atomic E-state index is -1.17. The number of carbonyl (C=O) groups is 4. The van der Waals surface area contributed by atoms with Crippen molar-refractivity contribution in [1.29, 1.82) is 0 Å². The number of halogens is 1. The van der Waals surface area contributed by atoms with Crippen LogP contribution < -0.4 is 5.32 Å². The first-order valence-electron chi connectivity index (χ1n) is 6.20. The number of ketones is 1. The molecular formula is C13H14ClNO6S. The number of amides is 2. The first-order valence-corrected chi connectivity index (χ1v) is 7.39. The number of alkyl carbamates (subject to hydrolysis) is 1. The maximum absolute atomic E-state index is 11.8. The van der Waals surface area contributed by atoms with Gasteiger partial charge in [-0.3, -0.25) is 19.7 Å². The lowest BCUT2D eigenvalue weighted by molar-refractivity contribution is -0.154. The molecule has 0 bridgehead atoms. The van der Waals surface area contributed by atoms with Crippen molar-refractivity contribution < 1.29 is 28.7 Å². The van der Waals surface area contributed by atoms with Gasteiger partial charge in [0.25, 0.3) is 5.91 Å². The summed E-state index contributed by atoms with van der Waals surface area (Å²) in [5, 5.41) is 1.87. The van der Waals surface area contributed by atoms with Crippen LogP contribution in [0.1, 0.15) is 29.4 Å². The molecular weight excluding hydrogens is 334 g/mol. The summed E-state index contributed by atoms with van der Waals surface area (Å²) in [5.74, 6) is -1.76. The summed E-state index contributed by atoms with van der Waals surface area (Å²) in [5.41, 5.74) is 0. The maximum atomic E-state index is 11.8. The van der Waals surface area contributed by atoms with Gasteiger partial charge in [0.05, 0.1) is 22.7 Å². The molecule has 1 aromatic heterocycles. The number of thiophene rings is 1. The Morgan fingerprint density at radius 1 is 1.27 bits per heavy atom. The van der Waals surface area contributed by atoms with Gasteiger partial charge in [0.1, 0.15) is 0 Å². The van der Waals surface area contributed by atoms with Gasteiger partial charge in [-0.15, -0.1) is 11.3 Å². The molecule has 0 unspecified atom stereocenters. The van der Waals surface area contributed by atoms with Crippen LogP contribution in [0, 0.1) is 0 Å². The predicted octanol–water partition coefficient (Wildman–Crippen LogP) is 2.18. The van der Waals surface area contributed by atoms with Gasteiger partial charge < -0.3 is 9.47 Å². The molecule has 1 N–H and O–H groups in total. The van der Waals surface area contributed by atoms with Crippen LogP contribution in [0.15, 0.2) is 12.1 Å². The lowest BCUT2D eigenvalue weighted by Gasteiger charge is -2.12. The zero-order valence-electron chi connectivity index (χ0n) is 11.9. The molecule has 1 atom stereocenters. The quantitative estimate of drug-likeness (QED) is 0.625. The third-order valence-corrected chi connectivity index (χ3v) is 3.76. The Balaban J connectivity index is 2.38. The third-order valence-electron chi connectivity index (χ3n) is 2.49. The second kappa shape index (κ2) is 8.50. The molecule has 0 radical (unpaired) electrons. The zero-order chi connectivity index (χ0) is 16.7. The topological polar surface area (TPSA) is 98.8 Å². The highest BCUT2D eigenvalue weighted by Crippen LogP contribution is 2.22. The average Bonchev–Trinajstić information content (AvgIpc) is 2.91. The molecule has 1 aromatic rings. The van der Waals surface area contributed by atoms with Gasteiger partial charge in [-0.1, -0.05) is 11.6 Å². The predicted molar refractivity (Wildman–Crippen MR) is 79.0 cm³/mol. The second-order valence-corrected chi connectivity index (χ2v) is 5.85. The summed E-state index contributed by atoms with van der Waals surface area (Å²) in [4.78, 5) is 46.1. The number of hydrogen-bond acceptors (Lipinski definition) is 7. The maximum Gasteiger partial charge on any atom is 0.413 e. The van der Waals surface area contributed by atoms with Crippen LogP contribution in [0.4, 0.5) is 4.79 Å². The minimum absolute atomic E-state index is 0.0545. The van der Waals surface area contributed by atoms with Crippen molar-refractivity contribution in [2.24, 2.45) is 0 Å². The van der Waals surface area contributed by atoms with E-state index in [4.69, 9.17) is 16.3 Å². The van der Waals surface area contributed by atoms with E-state index in [9.17, 15) is 19.2 Å². The monoisotopic (exact) mass is 347 g/mol. The number of ether oxygens (including phenoxy) is 2. The largest absolute Gasteiger partial charge is 0.453 e. The Morgan fingerprint density at radius 3 is 2.50 bits per heavy atom. The van der Waals surface area contributed by atoms with Crippen LogP contribution >= 0.6 is 22.9 Å². The van der Waals surface area contributed by atoms with Gasteiger partial charge in [0.15, 0.2) is 11.9 Å². The Morgan fingerprint density at radius 2 is 1.95 bits per heavy atom. The van der Waals surface area contributed by atoms with Gasteiger partial charge in [-0.05, 0) is 19.1 Å². The van der Waals surface area contributed by atoms with Crippen LogP contribution in [-0.4, -0.2) is 37.0 Å². The van der Waals surface area contributed by atoms with E-state index in [-0.39, 0.29) is 18.6 Å². The van der Waals surface area contributed by atoms with Crippen molar-refractivity contribution in [2.45, 2.75) is 25.9 Å². The van der Waals surface area contributed by atoms with Crippen LogP contribution in [0.25, 0.3) is 0 Å². The fourth-order valence-electron chi connectivity index (χ4n) is 1.37. The Bertz CT molecular complexity index is 585. The van der Waals surface area contributed by atoms with Gasteiger partial charge in [-0.25, -0.2) is 4.79 Å². The molecule has 1 heterocycles. The minimum Gasteiger partial charge on any atom is -0.453 e. The van der Waals surface area contributed by atoms with E-state index in [1.165, 1.54) is 6.92 Å². The van der Waals surface area contributed by atoms with E-state index in [1.807, 2.05) is 5.32 Å². The highest BCUT2D eigenvalue weighted by atomic mass is 35.5. The van der Waals surface area contributed by atoms with Gasteiger partial charge in [0, 0.05) is 6.42 Å². The number of methoxy groups -OCH3 is 1. The fraction of sp³-hybridized carbons (Fsp3) is 0.385. The number of hydrogen-bond donors (Lipinski definition) is 1. The van der Waals surface area contributed by atoms with Crippen molar-refractivity contribution in [3.8, 4) is 0 Å². The molecule has 120 valence electrons. The van der Waals surface area contributed by atoms with Crippen LogP contribution in [-0.2, 0) is 19.1 Å². The molecule has 0 saturated carbocycles. The fourth-order valence-corrected chi connectivity index (χ4v) is 2.38. The van der Waals surface area contributed by atoms with Crippen molar-refractivity contribution in [3.63, 3.8) is 0 Å². The molecule has 0 spiro atoms. The second-order valence-electron chi connectivity index (χ2n) is 4.14. The number of Topliss-reactive ketones (excluding diaryl/α,β-unsaturated/α-hetero) is 1. The van der Waals surface area contributed by atoms with Crippen molar-refractivity contribution in [3.05, 3.63) is 21.3 Å². The van der Waals surface area contributed by atoms with Crippen LogP contribution in [0.2, 0.25) is 4.34 Å². The lowest BCUT2D eigenvalue weighted by atomic mass is 10.2. The van der Waals surface area contributed by atoms with Gasteiger partial charge in [-0.2, -0.15) is 0 Å². The first kappa shape index (κ1) is 18.1. The molecule has 0 fully saturated rings. The summed E-state index contributed by atoms with van der Waals surface area (Å²) >= 11 is 6.84. The average molecular weight is 348 g/mol. The molecule has 2 amide bonds. The molecule has 9 heteroatoms. The summed E-state index contributed by atoms with van der Waals surface area (Å²) in [6.45, 7) is 1.30. The van der Waals surface area contributed by atoms with E-state index in [1.54, 1.807) is 12.1 Å². The molecule has 0 saturated heterocycles. The smallest absolute Gasteiger partial charge is 0.413 e. The normalized spacial score (nSPS) is 11.4. The standard InChI is InChI=1S/C13H14ClNO6S/c1-7(12(18)15-13(19)20-2)21-11(17)6-3-8(16)9-4-5-10(14)22-9/h4-5,7H,3,6H2,1-2H3,(H,15,18,19)/t7-/m0/s1. The number of nitrogens with one attached hydrogen (secondary N) is 1. The van der Waals surface area contributed by atoms with Crippen molar-refractivity contribution >= 4 is 46.7 Å². The van der Waals surface area contributed by atoms with E-state index in [0.717, 1.165) is 18.4 Å². The highest BCUT2D eigenvalue weighted by molar-refractivity contribution is 7.18. The SMILES string of the molecule is COC(=O)NC(=O)[C@H](C)OC(=O)CCC(=O)c1ccc(Cl)s1. The Labute approximate surface area is 135 Å². The van der Waals surface area contributed by atoms with E-state index in [2.05, 4.69) is 4.74 Å². The lowest BCUT2D eigenvalue weighted by Crippen LogP contribution is -2.39. The summed E-state index contributed by atoms with van der Waals surface area (Å²) < 4.78 is 9.54. The van der Waals surface area contributed by atoms with Gasteiger partial charge in [0.2, 0.25) is 0 Å². The van der Waals surface area contributed by atoms with E-state index < -0.39 is 24.1 Å². The van der Waals surface area contributed by atoms with E-state index in [0.29, 0.717) is 9.21 Å². The summed E-state index contributed by atoms with van der Waals surface area (Å²) in [6.07, 6.45) is -2.35. The van der Waals surface area contributed by atoms with Crippen molar-refractivity contribution in [1.82, 2.24) is 5.32 Å². The van der Waals surface area contributed by atoms with E-state index >= 15 is 0 Å². The number of esters is 1. The highest BCUT2D eigenvalue weighted by Gasteiger charge is 2.21. The summed E-state index contributed by atoms with van der Waals surface area (Å²) in [7, 11) is 1.10. The Kier molecular flexibility index (Phi) is 7.00. The molecule has 0 aliphatic carbocycles. The number of carbonyl (C=O) groups excluding carboxylic acids is 4. The molecule has 1 rings (SSSR count). The molecule has 0 aliphatic heterocycles. The Hall–Kier alpha value is -1.93. The van der Waals surface area contributed by atoms with Crippen molar-refractivity contribution in [2.75, 3.05) is 7.11 Å². The van der Waals surface area contributed by atoms with Crippen LogP contribution in [0.3, 0.4) is 0 Å². The molecule has 0 aromatic carbocycles. The van der Waals surface area contributed by atoms with Gasteiger partial charge >= 0.3 is 12.1 Å².